The van der Waals surface area contributed by atoms with Crippen molar-refractivity contribution in [1.82, 2.24) is 14.8 Å². The summed E-state index contributed by atoms with van der Waals surface area (Å²) in [7, 11) is 0. The minimum atomic E-state index is -4.42. The number of hydrogen-bond acceptors (Lipinski definition) is 3. The molecule has 0 saturated carbocycles. The van der Waals surface area contributed by atoms with Gasteiger partial charge >= 0.3 is 6.18 Å². The highest BCUT2D eigenvalue weighted by atomic mass is 19.4. The molecule has 0 saturated heterocycles. The third kappa shape index (κ3) is 3.46. The van der Waals surface area contributed by atoms with Gasteiger partial charge in [0.15, 0.2) is 5.69 Å². The minimum Gasteiger partial charge on any atom is -0.492 e. The van der Waals surface area contributed by atoms with E-state index in [0.29, 0.717) is 18.1 Å². The van der Waals surface area contributed by atoms with Gasteiger partial charge in [0.05, 0.1) is 25.0 Å². The van der Waals surface area contributed by atoms with Crippen molar-refractivity contribution in [2.45, 2.75) is 19.6 Å². The lowest BCUT2D eigenvalue weighted by Gasteiger charge is -2.05. The highest BCUT2D eigenvalue weighted by Gasteiger charge is 2.33. The molecule has 0 unspecified atom stereocenters. The van der Waals surface area contributed by atoms with E-state index in [1.54, 1.807) is 12.1 Å². The van der Waals surface area contributed by atoms with Gasteiger partial charge in [-0.3, -0.25) is 9.67 Å². The van der Waals surface area contributed by atoms with Crippen LogP contribution in [0.2, 0.25) is 0 Å². The van der Waals surface area contributed by atoms with Gasteiger partial charge in [-0.1, -0.05) is 0 Å². The molecule has 2 aromatic rings. The zero-order chi connectivity index (χ0) is 13.9. The van der Waals surface area contributed by atoms with Crippen LogP contribution in [-0.2, 0) is 12.7 Å². The average molecular weight is 271 g/mol. The summed E-state index contributed by atoms with van der Waals surface area (Å²) in [4.78, 5) is 4.10. The number of halogens is 3. The van der Waals surface area contributed by atoms with Crippen molar-refractivity contribution in [3.63, 3.8) is 0 Å². The summed E-state index contributed by atoms with van der Waals surface area (Å²) in [6.07, 6.45) is -1.61. The summed E-state index contributed by atoms with van der Waals surface area (Å²) in [5.41, 5.74) is -0.293. The van der Waals surface area contributed by atoms with Crippen molar-refractivity contribution in [2.75, 3.05) is 6.61 Å². The Labute approximate surface area is 107 Å². The van der Waals surface area contributed by atoms with Crippen molar-refractivity contribution >= 4 is 0 Å². The molecule has 0 aliphatic heterocycles. The second kappa shape index (κ2) is 5.29. The number of aromatic nitrogens is 3. The maximum Gasteiger partial charge on any atom is 0.435 e. The SMILES string of the molecule is CCOc1ccc(Cn2ccc(C(F)(F)F)n2)nc1. The lowest BCUT2D eigenvalue weighted by Crippen LogP contribution is -2.09. The molecule has 2 heterocycles. The first kappa shape index (κ1) is 13.4. The van der Waals surface area contributed by atoms with Gasteiger partial charge in [0.1, 0.15) is 5.75 Å². The van der Waals surface area contributed by atoms with E-state index in [-0.39, 0.29) is 6.54 Å². The number of nitrogens with zero attached hydrogens (tertiary/aromatic N) is 3. The lowest BCUT2D eigenvalue weighted by atomic mass is 10.3. The van der Waals surface area contributed by atoms with Gasteiger partial charge in [-0.15, -0.1) is 0 Å². The van der Waals surface area contributed by atoms with Crippen LogP contribution >= 0.6 is 0 Å². The quantitative estimate of drug-likeness (QED) is 0.858. The van der Waals surface area contributed by atoms with E-state index in [4.69, 9.17) is 4.74 Å². The van der Waals surface area contributed by atoms with Gasteiger partial charge < -0.3 is 4.74 Å². The van der Waals surface area contributed by atoms with Crippen LogP contribution in [0.4, 0.5) is 13.2 Å². The van der Waals surface area contributed by atoms with Crippen LogP contribution in [-0.4, -0.2) is 21.4 Å². The Kier molecular flexibility index (Phi) is 3.73. The molecule has 2 rings (SSSR count). The van der Waals surface area contributed by atoms with E-state index in [9.17, 15) is 13.2 Å². The van der Waals surface area contributed by atoms with E-state index in [0.717, 1.165) is 6.07 Å². The first-order valence-electron chi connectivity index (χ1n) is 5.67. The lowest BCUT2D eigenvalue weighted by molar-refractivity contribution is -0.141. The van der Waals surface area contributed by atoms with Gasteiger partial charge in [0.25, 0.3) is 0 Å². The monoisotopic (exact) mass is 271 g/mol. The summed E-state index contributed by atoms with van der Waals surface area (Å²) in [6.45, 7) is 2.58. The van der Waals surface area contributed by atoms with Crippen molar-refractivity contribution in [3.05, 3.63) is 42.0 Å². The Morgan fingerprint density at radius 3 is 2.58 bits per heavy atom. The summed E-state index contributed by atoms with van der Waals surface area (Å²) >= 11 is 0. The van der Waals surface area contributed by atoms with Crippen LogP contribution in [0.5, 0.6) is 5.75 Å². The molecule has 2 aromatic heterocycles. The van der Waals surface area contributed by atoms with Gasteiger partial charge in [0.2, 0.25) is 0 Å². The van der Waals surface area contributed by atoms with E-state index in [2.05, 4.69) is 10.1 Å². The number of alkyl halides is 3. The Bertz CT molecular complexity index is 534. The molecular weight excluding hydrogens is 259 g/mol. The molecule has 0 N–H and O–H groups in total. The van der Waals surface area contributed by atoms with Crippen LogP contribution in [0.3, 0.4) is 0 Å². The Morgan fingerprint density at radius 2 is 2.05 bits per heavy atom. The molecular formula is C12H12F3N3O. The molecule has 0 fully saturated rings. The van der Waals surface area contributed by atoms with Crippen molar-refractivity contribution in [3.8, 4) is 5.75 Å². The third-order valence-corrected chi connectivity index (χ3v) is 2.36. The molecule has 0 aliphatic rings. The van der Waals surface area contributed by atoms with Crippen LogP contribution in [0.15, 0.2) is 30.6 Å². The Balaban J connectivity index is 2.06. The van der Waals surface area contributed by atoms with E-state index in [1.165, 1.54) is 17.1 Å². The van der Waals surface area contributed by atoms with Crippen LogP contribution < -0.4 is 4.74 Å². The molecule has 102 valence electrons. The zero-order valence-electron chi connectivity index (χ0n) is 10.2. The standard InChI is InChI=1S/C12H12F3N3O/c1-2-19-10-4-3-9(16-7-10)8-18-6-5-11(17-18)12(13,14)15/h3-7H,2,8H2,1H3. The topological polar surface area (TPSA) is 39.9 Å². The van der Waals surface area contributed by atoms with Crippen molar-refractivity contribution < 1.29 is 17.9 Å². The Morgan fingerprint density at radius 1 is 1.26 bits per heavy atom. The Hall–Kier alpha value is -2.05. The molecule has 0 bridgehead atoms. The summed E-state index contributed by atoms with van der Waals surface area (Å²) in [5.74, 6) is 0.627. The molecule has 0 amide bonds. The maximum absolute atomic E-state index is 12.4. The third-order valence-electron chi connectivity index (χ3n) is 2.36. The molecule has 4 nitrogen and oxygen atoms in total. The number of ether oxygens (including phenoxy) is 1. The zero-order valence-corrected chi connectivity index (χ0v) is 10.2. The molecule has 0 spiro atoms. The normalized spacial score (nSPS) is 11.6. The second-order valence-corrected chi connectivity index (χ2v) is 3.81. The molecule has 0 aliphatic carbocycles. The van der Waals surface area contributed by atoms with E-state index < -0.39 is 11.9 Å². The highest BCUT2D eigenvalue weighted by molar-refractivity contribution is 5.20. The molecule has 7 heteroatoms. The van der Waals surface area contributed by atoms with E-state index >= 15 is 0 Å². The number of hydrogen-bond donors (Lipinski definition) is 0. The number of pyridine rings is 1. The highest BCUT2D eigenvalue weighted by Crippen LogP contribution is 2.27. The van der Waals surface area contributed by atoms with Crippen LogP contribution in [0, 0.1) is 0 Å². The first-order valence-corrected chi connectivity index (χ1v) is 5.67. The summed E-state index contributed by atoms with van der Waals surface area (Å²) in [5, 5.41) is 3.46. The van der Waals surface area contributed by atoms with Gasteiger partial charge in [0, 0.05) is 6.20 Å². The molecule has 0 atom stereocenters. The smallest absolute Gasteiger partial charge is 0.435 e. The van der Waals surface area contributed by atoms with Gasteiger partial charge in [-0.05, 0) is 25.1 Å². The first-order chi connectivity index (χ1) is 8.99. The van der Waals surface area contributed by atoms with Gasteiger partial charge in [-0.25, -0.2) is 0 Å². The van der Waals surface area contributed by atoms with Crippen LogP contribution in [0.25, 0.3) is 0 Å². The molecule has 19 heavy (non-hydrogen) atoms. The van der Waals surface area contributed by atoms with Crippen molar-refractivity contribution in [1.29, 1.82) is 0 Å². The summed E-state index contributed by atoms with van der Waals surface area (Å²) in [6, 6.07) is 4.36. The van der Waals surface area contributed by atoms with Crippen LogP contribution in [0.1, 0.15) is 18.3 Å². The predicted molar refractivity (Wildman–Crippen MR) is 61.7 cm³/mol. The fraction of sp³-hybridized carbons (Fsp3) is 0.333. The molecule has 0 aromatic carbocycles. The fourth-order valence-corrected chi connectivity index (χ4v) is 1.52. The summed E-state index contributed by atoms with van der Waals surface area (Å²) < 4.78 is 43.5. The largest absolute Gasteiger partial charge is 0.492 e. The van der Waals surface area contributed by atoms with E-state index in [1.807, 2.05) is 6.92 Å². The van der Waals surface area contributed by atoms with Gasteiger partial charge in [-0.2, -0.15) is 18.3 Å². The molecule has 0 radical (unpaired) electrons. The fourth-order valence-electron chi connectivity index (χ4n) is 1.52. The minimum absolute atomic E-state index is 0.183. The average Bonchev–Trinajstić information content (AvgIpc) is 2.80. The number of rotatable bonds is 4. The van der Waals surface area contributed by atoms with Crippen molar-refractivity contribution in [2.24, 2.45) is 0 Å². The second-order valence-electron chi connectivity index (χ2n) is 3.81. The predicted octanol–water partition coefficient (Wildman–Crippen LogP) is 2.74. The maximum atomic E-state index is 12.4.